The van der Waals surface area contributed by atoms with Crippen molar-refractivity contribution in [1.82, 2.24) is 0 Å². The van der Waals surface area contributed by atoms with Crippen molar-refractivity contribution < 1.29 is 4.39 Å². The number of thiol groups is 1. The van der Waals surface area contributed by atoms with Gasteiger partial charge >= 0.3 is 0 Å². The van der Waals surface area contributed by atoms with E-state index >= 15 is 0 Å². The lowest BCUT2D eigenvalue weighted by atomic mass is 10.2. The molecule has 0 aliphatic rings. The van der Waals surface area contributed by atoms with Crippen LogP contribution in [0.25, 0.3) is 0 Å². The van der Waals surface area contributed by atoms with Crippen LogP contribution in [-0.2, 0) is 0 Å². The van der Waals surface area contributed by atoms with Gasteiger partial charge in [0.1, 0.15) is 5.82 Å². The third-order valence-electron chi connectivity index (χ3n) is 1.46. The van der Waals surface area contributed by atoms with Crippen molar-refractivity contribution in [2.24, 2.45) is 0 Å². The van der Waals surface area contributed by atoms with E-state index in [2.05, 4.69) is 40.4 Å². The van der Waals surface area contributed by atoms with Gasteiger partial charge in [0.25, 0.3) is 0 Å². The van der Waals surface area contributed by atoms with Crippen molar-refractivity contribution in [2.45, 2.75) is 6.42 Å². The van der Waals surface area contributed by atoms with Gasteiger partial charge in [-0.25, -0.2) is 4.39 Å². The normalized spacial score (nSPS) is 9.43. The first-order chi connectivity index (χ1) is 6.65. The van der Waals surface area contributed by atoms with Crippen molar-refractivity contribution >= 4 is 40.2 Å². The van der Waals surface area contributed by atoms with Gasteiger partial charge in [-0.15, -0.1) is 0 Å². The Labute approximate surface area is 101 Å². The highest BCUT2D eigenvalue weighted by Crippen LogP contribution is 2.23. The smallest absolute Gasteiger partial charge is 0.141 e. The van der Waals surface area contributed by atoms with E-state index in [1.54, 1.807) is 6.07 Å². The first kappa shape index (κ1) is 11.9. The molecule has 0 amide bonds. The fourth-order valence-electron chi connectivity index (χ4n) is 0.868. The first-order valence-corrected chi connectivity index (χ1v) is 5.69. The quantitative estimate of drug-likeness (QED) is 0.589. The summed E-state index contributed by atoms with van der Waals surface area (Å²) in [6.45, 7) is 0. The van der Waals surface area contributed by atoms with Crippen LogP contribution >= 0.6 is 40.2 Å². The fourth-order valence-corrected chi connectivity index (χ4v) is 1.85. The SMILES string of the molecule is Fc1cc(Cl)cc(Br)c1C#CCCS. The Balaban J connectivity index is 3.04. The standard InChI is InChI=1S/C10H7BrClFS/c11-9-5-7(12)6-10(13)8(9)3-1-2-4-14/h5-6,14H,2,4H2. The molecule has 0 heterocycles. The van der Waals surface area contributed by atoms with E-state index in [0.29, 0.717) is 27.2 Å². The highest BCUT2D eigenvalue weighted by molar-refractivity contribution is 9.10. The fraction of sp³-hybridized carbons (Fsp3) is 0.200. The zero-order valence-electron chi connectivity index (χ0n) is 7.15. The summed E-state index contributed by atoms with van der Waals surface area (Å²) >= 11 is 12.9. The molecule has 0 nitrogen and oxygen atoms in total. The number of rotatable bonds is 1. The second kappa shape index (κ2) is 5.65. The molecule has 14 heavy (non-hydrogen) atoms. The molecule has 0 fully saturated rings. The minimum absolute atomic E-state index is 0.344. The van der Waals surface area contributed by atoms with Gasteiger partial charge in [0, 0.05) is 21.7 Å². The lowest BCUT2D eigenvalue weighted by molar-refractivity contribution is 0.623. The van der Waals surface area contributed by atoms with Crippen LogP contribution in [0.4, 0.5) is 4.39 Å². The number of hydrogen-bond donors (Lipinski definition) is 1. The van der Waals surface area contributed by atoms with Crippen molar-refractivity contribution in [3.63, 3.8) is 0 Å². The maximum absolute atomic E-state index is 13.3. The van der Waals surface area contributed by atoms with Crippen LogP contribution in [0.15, 0.2) is 16.6 Å². The molecule has 0 radical (unpaired) electrons. The molecule has 0 unspecified atom stereocenters. The summed E-state index contributed by atoms with van der Waals surface area (Å²) < 4.78 is 13.9. The number of hydrogen-bond acceptors (Lipinski definition) is 1. The van der Waals surface area contributed by atoms with Gasteiger partial charge in [-0.2, -0.15) is 12.6 Å². The molecule has 4 heteroatoms. The summed E-state index contributed by atoms with van der Waals surface area (Å²) in [5.41, 5.74) is 0.344. The predicted molar refractivity (Wildman–Crippen MR) is 64.5 cm³/mol. The van der Waals surface area contributed by atoms with E-state index in [9.17, 15) is 4.39 Å². The van der Waals surface area contributed by atoms with Crippen LogP contribution in [0.2, 0.25) is 5.02 Å². The van der Waals surface area contributed by atoms with Gasteiger partial charge in [0.05, 0.1) is 5.56 Å². The molecule has 0 aliphatic carbocycles. The lowest BCUT2D eigenvalue weighted by Gasteiger charge is -1.99. The highest BCUT2D eigenvalue weighted by Gasteiger charge is 2.05. The molecule has 0 N–H and O–H groups in total. The lowest BCUT2D eigenvalue weighted by Crippen LogP contribution is -1.85. The molecule has 74 valence electrons. The van der Waals surface area contributed by atoms with E-state index in [1.165, 1.54) is 6.07 Å². The van der Waals surface area contributed by atoms with Gasteiger partial charge in [-0.1, -0.05) is 23.4 Å². The molecule has 0 spiro atoms. The molecule has 0 aliphatic heterocycles. The zero-order chi connectivity index (χ0) is 10.6. The Morgan fingerprint density at radius 1 is 1.50 bits per heavy atom. The summed E-state index contributed by atoms with van der Waals surface area (Å²) in [4.78, 5) is 0. The summed E-state index contributed by atoms with van der Waals surface area (Å²) in [5, 5.41) is 0.356. The topological polar surface area (TPSA) is 0 Å². The van der Waals surface area contributed by atoms with Gasteiger partial charge in [-0.3, -0.25) is 0 Å². The minimum Gasteiger partial charge on any atom is -0.206 e. The van der Waals surface area contributed by atoms with Crippen LogP contribution in [0.1, 0.15) is 12.0 Å². The summed E-state index contributed by atoms with van der Waals surface area (Å²) in [6.07, 6.45) is 0.637. The van der Waals surface area contributed by atoms with E-state index in [1.807, 2.05) is 0 Å². The molecular weight excluding hydrogens is 287 g/mol. The van der Waals surface area contributed by atoms with Gasteiger partial charge in [0.2, 0.25) is 0 Å². The Bertz CT molecular complexity index is 372. The molecule has 1 aromatic rings. The van der Waals surface area contributed by atoms with Crippen molar-refractivity contribution in [3.8, 4) is 11.8 Å². The third kappa shape index (κ3) is 3.20. The molecule has 1 aromatic carbocycles. The highest BCUT2D eigenvalue weighted by atomic mass is 79.9. The first-order valence-electron chi connectivity index (χ1n) is 3.89. The van der Waals surface area contributed by atoms with Gasteiger partial charge < -0.3 is 0 Å². The Kier molecular flexibility index (Phi) is 4.80. The van der Waals surface area contributed by atoms with Crippen LogP contribution in [0, 0.1) is 17.7 Å². The van der Waals surface area contributed by atoms with Crippen LogP contribution in [-0.4, -0.2) is 5.75 Å². The summed E-state index contributed by atoms with van der Waals surface area (Å²) in [5.74, 6) is 5.80. The van der Waals surface area contributed by atoms with Crippen LogP contribution in [0.3, 0.4) is 0 Å². The largest absolute Gasteiger partial charge is 0.206 e. The van der Waals surface area contributed by atoms with Crippen molar-refractivity contribution in [3.05, 3.63) is 33.0 Å². The Morgan fingerprint density at radius 2 is 2.21 bits per heavy atom. The molecule has 0 aromatic heterocycles. The van der Waals surface area contributed by atoms with Gasteiger partial charge in [0.15, 0.2) is 0 Å². The average Bonchev–Trinajstić information content (AvgIpc) is 2.09. The zero-order valence-corrected chi connectivity index (χ0v) is 10.4. The second-order valence-corrected chi connectivity index (χ2v) is 4.26. The Morgan fingerprint density at radius 3 is 2.79 bits per heavy atom. The number of halogens is 3. The average molecular weight is 294 g/mol. The van der Waals surface area contributed by atoms with Crippen molar-refractivity contribution in [2.75, 3.05) is 5.75 Å². The van der Waals surface area contributed by atoms with Gasteiger partial charge in [-0.05, 0) is 28.1 Å². The monoisotopic (exact) mass is 292 g/mol. The molecule has 0 atom stereocenters. The molecule has 0 bridgehead atoms. The third-order valence-corrected chi connectivity index (χ3v) is 2.52. The van der Waals surface area contributed by atoms with Crippen LogP contribution < -0.4 is 0 Å². The van der Waals surface area contributed by atoms with E-state index < -0.39 is 5.82 Å². The van der Waals surface area contributed by atoms with E-state index in [4.69, 9.17) is 11.6 Å². The van der Waals surface area contributed by atoms with Crippen molar-refractivity contribution in [1.29, 1.82) is 0 Å². The van der Waals surface area contributed by atoms with E-state index in [-0.39, 0.29) is 0 Å². The number of benzene rings is 1. The van der Waals surface area contributed by atoms with Crippen LogP contribution in [0.5, 0.6) is 0 Å². The molecular formula is C10H7BrClFS. The maximum atomic E-state index is 13.3. The maximum Gasteiger partial charge on any atom is 0.141 e. The predicted octanol–water partition coefficient (Wildman–Crippen LogP) is 3.91. The summed E-state index contributed by atoms with van der Waals surface area (Å²) in [6, 6.07) is 2.87. The molecule has 0 saturated carbocycles. The second-order valence-electron chi connectivity index (χ2n) is 2.52. The molecule has 1 rings (SSSR count). The van der Waals surface area contributed by atoms with E-state index in [0.717, 1.165) is 0 Å². The molecule has 0 saturated heterocycles. The minimum atomic E-state index is -0.406. The summed E-state index contributed by atoms with van der Waals surface area (Å²) in [7, 11) is 0. The Hall–Kier alpha value is -0.170.